The Bertz CT molecular complexity index is 285. The lowest BCUT2D eigenvalue weighted by Gasteiger charge is -1.95. The van der Waals surface area contributed by atoms with E-state index in [0.29, 0.717) is 5.82 Å². The van der Waals surface area contributed by atoms with Crippen molar-refractivity contribution in [1.29, 1.82) is 0 Å². The molecule has 0 bridgehead atoms. The van der Waals surface area contributed by atoms with Crippen LogP contribution in [0.15, 0.2) is 26.2 Å². The van der Waals surface area contributed by atoms with E-state index in [1.807, 2.05) is 6.07 Å². The Kier molecular flexibility index (Phi) is 3.02. The zero-order chi connectivity index (χ0) is 8.27. The van der Waals surface area contributed by atoms with Gasteiger partial charge in [0.2, 0.25) is 0 Å². The molecule has 0 spiro atoms. The molecule has 5 heteroatoms. The number of hydrogen-bond donors (Lipinski definition) is 1. The third-order valence-corrected chi connectivity index (χ3v) is 2.77. The topological polar surface area (TPSA) is 51.3 Å². The molecule has 3 nitrogen and oxygen atoms in total. The van der Waals surface area contributed by atoms with Crippen LogP contribution in [0.25, 0.3) is 0 Å². The van der Waals surface area contributed by atoms with Gasteiger partial charge in [-0.15, -0.1) is 0 Å². The standard InChI is InChI=1S/C6H5Br2N3/c7-4-1-2-5(10-3-9)11-6(4)8/h1-3H,(H2,9,10,11). The van der Waals surface area contributed by atoms with Gasteiger partial charge >= 0.3 is 0 Å². The summed E-state index contributed by atoms with van der Waals surface area (Å²) in [5.41, 5.74) is 5.09. The van der Waals surface area contributed by atoms with Gasteiger partial charge in [-0.25, -0.2) is 9.98 Å². The molecule has 11 heavy (non-hydrogen) atoms. The van der Waals surface area contributed by atoms with Gasteiger partial charge in [0.15, 0.2) is 5.82 Å². The van der Waals surface area contributed by atoms with Crippen molar-refractivity contribution < 1.29 is 0 Å². The van der Waals surface area contributed by atoms with Crippen LogP contribution in [0.5, 0.6) is 0 Å². The quantitative estimate of drug-likeness (QED) is 0.487. The predicted octanol–water partition coefficient (Wildman–Crippen LogP) is 2.23. The van der Waals surface area contributed by atoms with Gasteiger partial charge in [0, 0.05) is 0 Å². The first-order valence-electron chi connectivity index (χ1n) is 2.80. The average molecular weight is 279 g/mol. The Morgan fingerprint density at radius 2 is 2.18 bits per heavy atom. The lowest BCUT2D eigenvalue weighted by Crippen LogP contribution is -1.87. The average Bonchev–Trinajstić information content (AvgIpc) is 1.98. The summed E-state index contributed by atoms with van der Waals surface area (Å²) in [6.45, 7) is 0. The first kappa shape index (κ1) is 8.67. The van der Waals surface area contributed by atoms with Gasteiger partial charge in [0.1, 0.15) is 4.60 Å². The molecule has 1 aromatic rings. The Balaban J connectivity index is 3.05. The summed E-state index contributed by atoms with van der Waals surface area (Å²) in [4.78, 5) is 7.85. The Morgan fingerprint density at radius 3 is 2.73 bits per heavy atom. The third-order valence-electron chi connectivity index (χ3n) is 0.995. The summed E-state index contributed by atoms with van der Waals surface area (Å²) in [6, 6.07) is 3.61. The van der Waals surface area contributed by atoms with Gasteiger partial charge in [-0.1, -0.05) is 0 Å². The molecule has 0 saturated heterocycles. The molecule has 0 aliphatic rings. The highest BCUT2D eigenvalue weighted by Gasteiger charge is 1.97. The van der Waals surface area contributed by atoms with Gasteiger partial charge in [-0.3, -0.25) is 0 Å². The van der Waals surface area contributed by atoms with Gasteiger partial charge < -0.3 is 5.73 Å². The second kappa shape index (κ2) is 3.82. The van der Waals surface area contributed by atoms with Gasteiger partial charge in [-0.05, 0) is 44.0 Å². The molecule has 0 unspecified atom stereocenters. The first-order valence-corrected chi connectivity index (χ1v) is 4.39. The molecule has 0 amide bonds. The highest BCUT2D eigenvalue weighted by atomic mass is 79.9. The molecule has 0 radical (unpaired) electrons. The van der Waals surface area contributed by atoms with E-state index in [9.17, 15) is 0 Å². The van der Waals surface area contributed by atoms with E-state index in [1.54, 1.807) is 6.07 Å². The summed E-state index contributed by atoms with van der Waals surface area (Å²) < 4.78 is 1.62. The number of nitrogens with zero attached hydrogens (tertiary/aromatic N) is 2. The maximum absolute atomic E-state index is 5.09. The second-order valence-electron chi connectivity index (χ2n) is 1.72. The predicted molar refractivity (Wildman–Crippen MR) is 52.0 cm³/mol. The molecule has 0 aliphatic heterocycles. The number of nitrogens with two attached hydrogens (primary N) is 1. The first-order chi connectivity index (χ1) is 5.24. The molecule has 1 aromatic heterocycles. The van der Waals surface area contributed by atoms with Crippen LogP contribution in [0, 0.1) is 0 Å². The molecule has 0 aromatic carbocycles. The number of halogens is 2. The molecular formula is C6H5Br2N3. The van der Waals surface area contributed by atoms with Crippen molar-refractivity contribution in [2.45, 2.75) is 0 Å². The molecule has 1 rings (SSSR count). The van der Waals surface area contributed by atoms with Crippen molar-refractivity contribution in [3.8, 4) is 0 Å². The van der Waals surface area contributed by atoms with Crippen LogP contribution >= 0.6 is 31.9 Å². The number of pyridine rings is 1. The van der Waals surface area contributed by atoms with E-state index in [1.165, 1.54) is 6.34 Å². The summed E-state index contributed by atoms with van der Waals surface area (Å²) in [5.74, 6) is 0.586. The molecule has 2 N–H and O–H groups in total. The van der Waals surface area contributed by atoms with E-state index in [0.717, 1.165) is 9.08 Å². The lowest BCUT2D eigenvalue weighted by molar-refractivity contribution is 1.22. The van der Waals surface area contributed by atoms with Crippen LogP contribution in [-0.2, 0) is 0 Å². The Hall–Kier alpha value is -0.420. The zero-order valence-electron chi connectivity index (χ0n) is 5.46. The van der Waals surface area contributed by atoms with Crippen LogP contribution in [0.2, 0.25) is 0 Å². The Labute approximate surface area is 81.0 Å². The fourth-order valence-electron chi connectivity index (χ4n) is 0.556. The van der Waals surface area contributed by atoms with Crippen LogP contribution in [-0.4, -0.2) is 11.3 Å². The second-order valence-corrected chi connectivity index (χ2v) is 3.33. The van der Waals surface area contributed by atoms with E-state index in [-0.39, 0.29) is 0 Å². The fourth-order valence-corrected chi connectivity index (χ4v) is 1.09. The van der Waals surface area contributed by atoms with E-state index < -0.39 is 0 Å². The Morgan fingerprint density at radius 1 is 1.45 bits per heavy atom. The zero-order valence-corrected chi connectivity index (χ0v) is 8.63. The van der Waals surface area contributed by atoms with Gasteiger partial charge in [0.25, 0.3) is 0 Å². The largest absolute Gasteiger partial charge is 0.390 e. The lowest BCUT2D eigenvalue weighted by atomic mass is 10.5. The maximum atomic E-state index is 5.09. The molecule has 58 valence electrons. The molecule has 1 heterocycles. The number of aromatic nitrogens is 1. The number of hydrogen-bond acceptors (Lipinski definition) is 2. The highest BCUT2D eigenvalue weighted by molar-refractivity contribution is 9.13. The number of aliphatic imine (C=N–C) groups is 1. The van der Waals surface area contributed by atoms with Crippen LogP contribution < -0.4 is 5.73 Å². The summed E-state index contributed by atoms with van der Waals surface area (Å²) in [6.07, 6.45) is 1.21. The SMILES string of the molecule is N/C=N/c1ccc(Br)c(Br)n1. The van der Waals surface area contributed by atoms with Gasteiger partial charge in [0.05, 0.1) is 10.8 Å². The molecule has 0 aliphatic carbocycles. The minimum Gasteiger partial charge on any atom is -0.390 e. The summed E-state index contributed by atoms with van der Waals surface area (Å²) in [5, 5.41) is 0. The number of rotatable bonds is 1. The third kappa shape index (κ3) is 2.27. The van der Waals surface area contributed by atoms with E-state index in [2.05, 4.69) is 41.8 Å². The molecular weight excluding hydrogens is 274 g/mol. The van der Waals surface area contributed by atoms with Crippen LogP contribution in [0.4, 0.5) is 5.82 Å². The highest BCUT2D eigenvalue weighted by Crippen LogP contribution is 2.22. The van der Waals surface area contributed by atoms with E-state index >= 15 is 0 Å². The fraction of sp³-hybridized carbons (Fsp3) is 0. The van der Waals surface area contributed by atoms with E-state index in [4.69, 9.17) is 5.73 Å². The normalized spacial score (nSPS) is 10.7. The van der Waals surface area contributed by atoms with Crippen LogP contribution in [0.1, 0.15) is 0 Å². The molecule has 0 atom stereocenters. The van der Waals surface area contributed by atoms with Crippen molar-refractivity contribution in [2.75, 3.05) is 0 Å². The van der Waals surface area contributed by atoms with Crippen molar-refractivity contribution in [3.63, 3.8) is 0 Å². The monoisotopic (exact) mass is 277 g/mol. The smallest absolute Gasteiger partial charge is 0.154 e. The van der Waals surface area contributed by atoms with Crippen molar-refractivity contribution in [3.05, 3.63) is 21.2 Å². The minimum atomic E-state index is 0.586. The van der Waals surface area contributed by atoms with Crippen molar-refractivity contribution >= 4 is 44.0 Å². The molecule has 0 fully saturated rings. The summed E-state index contributed by atoms with van der Waals surface area (Å²) >= 11 is 6.53. The molecule has 0 saturated carbocycles. The summed E-state index contributed by atoms with van der Waals surface area (Å²) in [7, 11) is 0. The van der Waals surface area contributed by atoms with Crippen molar-refractivity contribution in [1.82, 2.24) is 4.98 Å². The van der Waals surface area contributed by atoms with Crippen LogP contribution in [0.3, 0.4) is 0 Å². The van der Waals surface area contributed by atoms with Crippen molar-refractivity contribution in [2.24, 2.45) is 10.7 Å². The van der Waals surface area contributed by atoms with Gasteiger partial charge in [-0.2, -0.15) is 0 Å². The minimum absolute atomic E-state index is 0.586. The maximum Gasteiger partial charge on any atom is 0.154 e.